The minimum absolute atomic E-state index is 0.0315. The fourth-order valence-corrected chi connectivity index (χ4v) is 2.91. The van der Waals surface area contributed by atoms with Crippen molar-refractivity contribution in [3.05, 3.63) is 35.4 Å². The zero-order chi connectivity index (χ0) is 15.9. The SMILES string of the molecule is COCc1ccc(C(=O)N2CCC[C@@H](CCC(=O)O)C2)cc1. The Kier molecular flexibility index (Phi) is 5.95. The maximum atomic E-state index is 12.5. The molecule has 120 valence electrons. The molecule has 1 aromatic rings. The van der Waals surface area contributed by atoms with E-state index in [-0.39, 0.29) is 12.3 Å². The van der Waals surface area contributed by atoms with Crippen LogP contribution in [0.3, 0.4) is 0 Å². The molecule has 5 nitrogen and oxygen atoms in total. The summed E-state index contributed by atoms with van der Waals surface area (Å²) in [7, 11) is 1.64. The number of piperidine rings is 1. The lowest BCUT2D eigenvalue weighted by atomic mass is 9.93. The van der Waals surface area contributed by atoms with Gasteiger partial charge in [0.25, 0.3) is 5.91 Å². The number of carboxylic acid groups (broad SMARTS) is 1. The molecule has 1 aliphatic rings. The summed E-state index contributed by atoms with van der Waals surface area (Å²) in [5, 5.41) is 8.78. The van der Waals surface area contributed by atoms with Gasteiger partial charge in [0.2, 0.25) is 0 Å². The Bertz CT molecular complexity index is 512. The molecule has 0 saturated carbocycles. The van der Waals surface area contributed by atoms with Gasteiger partial charge in [0.15, 0.2) is 0 Å². The summed E-state index contributed by atoms with van der Waals surface area (Å²) in [5.74, 6) is -0.442. The van der Waals surface area contributed by atoms with Gasteiger partial charge < -0.3 is 14.7 Å². The van der Waals surface area contributed by atoms with Crippen LogP contribution in [0.4, 0.5) is 0 Å². The number of hydrogen-bond donors (Lipinski definition) is 1. The highest BCUT2D eigenvalue weighted by molar-refractivity contribution is 5.94. The first kappa shape index (κ1) is 16.5. The summed E-state index contributed by atoms with van der Waals surface area (Å²) in [6.07, 6.45) is 2.77. The minimum Gasteiger partial charge on any atom is -0.481 e. The van der Waals surface area contributed by atoms with Crippen LogP contribution in [-0.4, -0.2) is 42.1 Å². The second kappa shape index (κ2) is 7.94. The van der Waals surface area contributed by atoms with Gasteiger partial charge >= 0.3 is 5.97 Å². The Morgan fingerprint density at radius 2 is 2.05 bits per heavy atom. The van der Waals surface area contributed by atoms with Crippen molar-refractivity contribution in [1.82, 2.24) is 4.90 Å². The van der Waals surface area contributed by atoms with Crippen molar-refractivity contribution >= 4 is 11.9 Å². The zero-order valence-corrected chi connectivity index (χ0v) is 13.0. The molecule has 0 radical (unpaired) electrons. The third-order valence-corrected chi connectivity index (χ3v) is 4.08. The molecule has 1 aromatic carbocycles. The van der Waals surface area contributed by atoms with Crippen molar-refractivity contribution < 1.29 is 19.4 Å². The number of carbonyl (C=O) groups is 2. The summed E-state index contributed by atoms with van der Waals surface area (Å²) in [4.78, 5) is 25.1. The van der Waals surface area contributed by atoms with Crippen molar-refractivity contribution in [2.75, 3.05) is 20.2 Å². The van der Waals surface area contributed by atoms with E-state index in [2.05, 4.69) is 0 Å². The molecule has 1 saturated heterocycles. The number of nitrogens with zero attached hydrogens (tertiary/aromatic N) is 1. The molecule has 0 aromatic heterocycles. The molecule has 0 unspecified atom stereocenters. The largest absolute Gasteiger partial charge is 0.481 e. The van der Waals surface area contributed by atoms with Crippen molar-refractivity contribution in [2.45, 2.75) is 32.3 Å². The summed E-state index contributed by atoms with van der Waals surface area (Å²) in [6.45, 7) is 1.95. The van der Waals surface area contributed by atoms with E-state index in [4.69, 9.17) is 9.84 Å². The lowest BCUT2D eigenvalue weighted by Gasteiger charge is -2.32. The second-order valence-electron chi connectivity index (χ2n) is 5.82. The molecular weight excluding hydrogens is 282 g/mol. The number of likely N-dealkylation sites (tertiary alicyclic amines) is 1. The van der Waals surface area contributed by atoms with Gasteiger partial charge in [-0.25, -0.2) is 0 Å². The van der Waals surface area contributed by atoms with E-state index < -0.39 is 5.97 Å². The lowest BCUT2D eigenvalue weighted by molar-refractivity contribution is -0.137. The first-order chi connectivity index (χ1) is 10.6. The van der Waals surface area contributed by atoms with Crippen LogP contribution >= 0.6 is 0 Å². The molecule has 0 bridgehead atoms. The summed E-state index contributed by atoms with van der Waals surface area (Å²) in [5.41, 5.74) is 1.72. The molecule has 1 N–H and O–H groups in total. The van der Waals surface area contributed by atoms with E-state index in [0.29, 0.717) is 31.1 Å². The van der Waals surface area contributed by atoms with Gasteiger partial charge in [0.1, 0.15) is 0 Å². The van der Waals surface area contributed by atoms with Gasteiger partial charge in [0.05, 0.1) is 6.61 Å². The Morgan fingerprint density at radius 3 is 2.68 bits per heavy atom. The highest BCUT2D eigenvalue weighted by atomic mass is 16.5. The van der Waals surface area contributed by atoms with Crippen LogP contribution < -0.4 is 0 Å². The van der Waals surface area contributed by atoms with Crippen LogP contribution in [0.2, 0.25) is 0 Å². The Balaban J connectivity index is 1.94. The number of rotatable bonds is 6. The summed E-state index contributed by atoms with van der Waals surface area (Å²) in [6, 6.07) is 7.47. The standard InChI is InChI=1S/C17H23NO4/c1-22-12-14-4-7-15(8-5-14)17(21)18-10-2-3-13(11-18)6-9-16(19)20/h4-5,7-8,13H,2-3,6,9-12H2,1H3,(H,19,20)/t13-/m0/s1. The van der Waals surface area contributed by atoms with Gasteiger partial charge in [-0.1, -0.05) is 12.1 Å². The van der Waals surface area contributed by atoms with Crippen molar-refractivity contribution in [2.24, 2.45) is 5.92 Å². The minimum atomic E-state index is -0.766. The quantitative estimate of drug-likeness (QED) is 0.877. The third-order valence-electron chi connectivity index (χ3n) is 4.08. The van der Waals surface area contributed by atoms with Crippen LogP contribution in [0.15, 0.2) is 24.3 Å². The number of methoxy groups -OCH3 is 1. The van der Waals surface area contributed by atoms with Crippen LogP contribution in [0.5, 0.6) is 0 Å². The fourth-order valence-electron chi connectivity index (χ4n) is 2.91. The van der Waals surface area contributed by atoms with Gasteiger partial charge in [-0.3, -0.25) is 9.59 Å². The third kappa shape index (κ3) is 4.56. The summed E-state index contributed by atoms with van der Waals surface area (Å²) >= 11 is 0. The molecule has 2 rings (SSSR count). The van der Waals surface area contributed by atoms with E-state index in [9.17, 15) is 9.59 Å². The molecule has 0 spiro atoms. The number of amides is 1. The average Bonchev–Trinajstić information content (AvgIpc) is 2.53. The fraction of sp³-hybridized carbons (Fsp3) is 0.529. The van der Waals surface area contributed by atoms with Gasteiger partial charge in [0, 0.05) is 32.2 Å². The number of carbonyl (C=O) groups excluding carboxylic acids is 1. The highest BCUT2D eigenvalue weighted by Gasteiger charge is 2.24. The second-order valence-corrected chi connectivity index (χ2v) is 5.82. The lowest BCUT2D eigenvalue weighted by Crippen LogP contribution is -2.40. The topological polar surface area (TPSA) is 66.8 Å². The molecule has 1 fully saturated rings. The number of aliphatic carboxylic acids is 1. The van der Waals surface area contributed by atoms with Gasteiger partial charge in [-0.15, -0.1) is 0 Å². The number of carboxylic acids is 1. The normalized spacial score (nSPS) is 18.2. The smallest absolute Gasteiger partial charge is 0.303 e. The molecule has 22 heavy (non-hydrogen) atoms. The molecule has 5 heteroatoms. The maximum absolute atomic E-state index is 12.5. The zero-order valence-electron chi connectivity index (χ0n) is 13.0. The van der Waals surface area contributed by atoms with E-state index in [1.165, 1.54) is 0 Å². The van der Waals surface area contributed by atoms with Crippen LogP contribution in [0.1, 0.15) is 41.6 Å². The number of benzene rings is 1. The molecule has 1 heterocycles. The molecule has 1 aliphatic heterocycles. The predicted molar refractivity (Wildman–Crippen MR) is 82.7 cm³/mol. The summed E-state index contributed by atoms with van der Waals surface area (Å²) < 4.78 is 5.06. The highest BCUT2D eigenvalue weighted by Crippen LogP contribution is 2.22. The molecular formula is C17H23NO4. The van der Waals surface area contributed by atoms with E-state index in [0.717, 1.165) is 24.9 Å². The Hall–Kier alpha value is -1.88. The van der Waals surface area contributed by atoms with E-state index >= 15 is 0 Å². The number of hydrogen-bond acceptors (Lipinski definition) is 3. The van der Waals surface area contributed by atoms with E-state index in [1.54, 1.807) is 7.11 Å². The monoisotopic (exact) mass is 305 g/mol. The maximum Gasteiger partial charge on any atom is 0.303 e. The average molecular weight is 305 g/mol. The molecule has 1 amide bonds. The van der Waals surface area contributed by atoms with Gasteiger partial charge in [-0.05, 0) is 42.9 Å². The van der Waals surface area contributed by atoms with Gasteiger partial charge in [-0.2, -0.15) is 0 Å². The predicted octanol–water partition coefficient (Wildman–Crippen LogP) is 2.55. The van der Waals surface area contributed by atoms with Crippen molar-refractivity contribution in [1.29, 1.82) is 0 Å². The molecule has 0 aliphatic carbocycles. The Morgan fingerprint density at radius 1 is 1.32 bits per heavy atom. The molecule has 1 atom stereocenters. The van der Waals surface area contributed by atoms with Crippen molar-refractivity contribution in [3.63, 3.8) is 0 Å². The Labute approximate surface area is 130 Å². The van der Waals surface area contributed by atoms with Crippen LogP contribution in [0.25, 0.3) is 0 Å². The van der Waals surface area contributed by atoms with Crippen molar-refractivity contribution in [3.8, 4) is 0 Å². The van der Waals surface area contributed by atoms with E-state index in [1.807, 2.05) is 29.2 Å². The van der Waals surface area contributed by atoms with Crippen LogP contribution in [0, 0.1) is 5.92 Å². The number of ether oxygens (including phenoxy) is 1. The first-order valence-corrected chi connectivity index (χ1v) is 7.69. The van der Waals surface area contributed by atoms with Crippen LogP contribution in [-0.2, 0) is 16.1 Å². The first-order valence-electron chi connectivity index (χ1n) is 7.69.